The molecule has 0 spiro atoms. The summed E-state index contributed by atoms with van der Waals surface area (Å²) < 4.78 is 10.4. The zero-order chi connectivity index (χ0) is 19.1. The first kappa shape index (κ1) is 19.8. The molecular formula is C19H26N2O5. The maximum absolute atomic E-state index is 11.9. The Balaban J connectivity index is 1.73. The van der Waals surface area contributed by atoms with E-state index in [0.29, 0.717) is 5.75 Å². The number of carbonyl (C=O) groups excluding carboxylic acids is 3. The number of ether oxygens (including phenoxy) is 2. The molecule has 1 atom stereocenters. The monoisotopic (exact) mass is 362 g/mol. The minimum absolute atomic E-state index is 0.104. The van der Waals surface area contributed by atoms with Crippen molar-refractivity contribution in [3.05, 3.63) is 29.3 Å². The summed E-state index contributed by atoms with van der Waals surface area (Å²) in [6, 6.07) is 5.15. The second kappa shape index (κ2) is 9.22. The van der Waals surface area contributed by atoms with Crippen molar-refractivity contribution in [2.75, 3.05) is 6.61 Å². The normalized spacial score (nSPS) is 15.2. The number of rotatable bonds is 6. The van der Waals surface area contributed by atoms with E-state index >= 15 is 0 Å². The molecule has 1 aliphatic rings. The predicted octanol–water partition coefficient (Wildman–Crippen LogP) is 2.38. The van der Waals surface area contributed by atoms with Gasteiger partial charge in [-0.3, -0.25) is 10.1 Å². The van der Waals surface area contributed by atoms with Gasteiger partial charge in [0.05, 0.1) is 0 Å². The minimum Gasteiger partial charge on any atom is -0.482 e. The number of esters is 1. The van der Waals surface area contributed by atoms with Crippen LogP contribution in [-0.4, -0.2) is 36.7 Å². The van der Waals surface area contributed by atoms with Crippen molar-refractivity contribution >= 4 is 17.9 Å². The first-order chi connectivity index (χ1) is 12.3. The van der Waals surface area contributed by atoms with Crippen molar-refractivity contribution in [1.82, 2.24) is 10.6 Å². The molecule has 142 valence electrons. The van der Waals surface area contributed by atoms with Gasteiger partial charge < -0.3 is 14.8 Å². The van der Waals surface area contributed by atoms with Crippen LogP contribution in [0.4, 0.5) is 4.79 Å². The van der Waals surface area contributed by atoms with Crippen LogP contribution in [0.2, 0.25) is 0 Å². The summed E-state index contributed by atoms with van der Waals surface area (Å²) in [4.78, 5) is 35.6. The van der Waals surface area contributed by atoms with E-state index in [0.717, 1.165) is 36.8 Å². The Labute approximate surface area is 153 Å². The number of nitrogens with one attached hydrogen (secondary N) is 2. The van der Waals surface area contributed by atoms with Gasteiger partial charge in [0.15, 0.2) is 12.7 Å². The predicted molar refractivity (Wildman–Crippen MR) is 95.9 cm³/mol. The number of amides is 3. The van der Waals surface area contributed by atoms with Crippen LogP contribution < -0.4 is 15.4 Å². The van der Waals surface area contributed by atoms with Gasteiger partial charge in [-0.15, -0.1) is 0 Å². The molecule has 1 saturated carbocycles. The van der Waals surface area contributed by atoms with Crippen LogP contribution >= 0.6 is 0 Å². The average molecular weight is 362 g/mol. The molecule has 3 amide bonds. The lowest BCUT2D eigenvalue weighted by molar-refractivity contribution is -0.156. The van der Waals surface area contributed by atoms with E-state index in [2.05, 4.69) is 10.6 Å². The third-order valence-electron chi connectivity index (χ3n) is 4.28. The van der Waals surface area contributed by atoms with Gasteiger partial charge in [0.25, 0.3) is 5.91 Å². The fraction of sp³-hybridized carbons (Fsp3) is 0.526. The molecule has 2 rings (SSSR count). The van der Waals surface area contributed by atoms with Crippen LogP contribution in [0, 0.1) is 13.8 Å². The maximum Gasteiger partial charge on any atom is 0.344 e. The van der Waals surface area contributed by atoms with Crippen molar-refractivity contribution < 1.29 is 23.9 Å². The van der Waals surface area contributed by atoms with Crippen LogP contribution in [0.25, 0.3) is 0 Å². The Bertz CT molecular complexity index is 668. The number of aryl methyl sites for hydroxylation is 2. The minimum atomic E-state index is -1.08. The summed E-state index contributed by atoms with van der Waals surface area (Å²) in [5, 5.41) is 4.93. The molecule has 0 bridgehead atoms. The molecule has 0 unspecified atom stereocenters. The lowest BCUT2D eigenvalue weighted by atomic mass is 10.1. The molecule has 0 heterocycles. The SMILES string of the molecule is Cc1ccc(OCC(=O)O[C@@H](C)C(=O)NC(=O)NC2CCCC2)c(C)c1. The fourth-order valence-electron chi connectivity index (χ4n) is 2.89. The van der Waals surface area contributed by atoms with Crippen LogP contribution in [0.3, 0.4) is 0 Å². The van der Waals surface area contributed by atoms with E-state index in [1.165, 1.54) is 6.92 Å². The van der Waals surface area contributed by atoms with Crippen molar-refractivity contribution in [1.29, 1.82) is 0 Å². The third-order valence-corrected chi connectivity index (χ3v) is 4.28. The number of hydrogen-bond donors (Lipinski definition) is 2. The molecule has 7 heteroatoms. The third kappa shape index (κ3) is 6.06. The number of benzene rings is 1. The topological polar surface area (TPSA) is 93.7 Å². The molecule has 0 aliphatic heterocycles. The highest BCUT2D eigenvalue weighted by Crippen LogP contribution is 2.19. The molecule has 1 fully saturated rings. The van der Waals surface area contributed by atoms with Crippen molar-refractivity contribution in [3.8, 4) is 5.75 Å². The maximum atomic E-state index is 11.9. The Morgan fingerprint density at radius 1 is 1.19 bits per heavy atom. The zero-order valence-corrected chi connectivity index (χ0v) is 15.5. The zero-order valence-electron chi connectivity index (χ0n) is 15.5. The van der Waals surface area contributed by atoms with Crippen molar-refractivity contribution in [2.45, 2.75) is 58.6 Å². The highest BCUT2D eigenvalue weighted by Gasteiger charge is 2.22. The molecular weight excluding hydrogens is 336 g/mol. The quantitative estimate of drug-likeness (QED) is 0.758. The van der Waals surface area contributed by atoms with Crippen molar-refractivity contribution in [2.24, 2.45) is 0 Å². The molecule has 1 aliphatic carbocycles. The van der Waals surface area contributed by atoms with Crippen LogP contribution in [-0.2, 0) is 14.3 Å². The summed E-state index contributed by atoms with van der Waals surface area (Å²) in [5.41, 5.74) is 2.01. The highest BCUT2D eigenvalue weighted by atomic mass is 16.6. The van der Waals surface area contributed by atoms with Crippen LogP contribution in [0.1, 0.15) is 43.7 Å². The van der Waals surface area contributed by atoms with Crippen LogP contribution in [0.15, 0.2) is 18.2 Å². The molecule has 2 N–H and O–H groups in total. The highest BCUT2D eigenvalue weighted by molar-refractivity contribution is 5.97. The smallest absolute Gasteiger partial charge is 0.344 e. The lowest BCUT2D eigenvalue weighted by Crippen LogP contribution is -2.47. The second-order valence-corrected chi connectivity index (χ2v) is 6.63. The summed E-state index contributed by atoms with van der Waals surface area (Å²) in [6.45, 7) is 4.95. The van der Waals surface area contributed by atoms with Gasteiger partial charge in [-0.05, 0) is 45.2 Å². The Morgan fingerprint density at radius 2 is 1.88 bits per heavy atom. The summed E-state index contributed by atoms with van der Waals surface area (Å²) in [7, 11) is 0. The van der Waals surface area contributed by atoms with Crippen LogP contribution in [0.5, 0.6) is 5.75 Å². The first-order valence-electron chi connectivity index (χ1n) is 8.86. The van der Waals surface area contributed by atoms with E-state index in [1.807, 2.05) is 26.0 Å². The van der Waals surface area contributed by atoms with Gasteiger partial charge in [-0.2, -0.15) is 0 Å². The first-order valence-corrected chi connectivity index (χ1v) is 8.86. The average Bonchev–Trinajstić information content (AvgIpc) is 3.06. The molecule has 1 aromatic rings. The summed E-state index contributed by atoms with van der Waals surface area (Å²) in [6.07, 6.45) is 2.91. The summed E-state index contributed by atoms with van der Waals surface area (Å²) in [5.74, 6) is -0.759. The Morgan fingerprint density at radius 3 is 2.54 bits per heavy atom. The fourth-order valence-corrected chi connectivity index (χ4v) is 2.89. The molecule has 0 saturated heterocycles. The number of urea groups is 1. The lowest BCUT2D eigenvalue weighted by Gasteiger charge is -2.16. The van der Waals surface area contributed by atoms with Gasteiger partial charge in [-0.1, -0.05) is 30.5 Å². The molecule has 26 heavy (non-hydrogen) atoms. The van der Waals surface area contributed by atoms with Gasteiger partial charge in [0.1, 0.15) is 5.75 Å². The van der Waals surface area contributed by atoms with E-state index in [4.69, 9.17) is 9.47 Å². The van der Waals surface area contributed by atoms with Gasteiger partial charge >= 0.3 is 12.0 Å². The molecule has 0 aromatic heterocycles. The van der Waals surface area contributed by atoms with Gasteiger partial charge in [0, 0.05) is 6.04 Å². The van der Waals surface area contributed by atoms with Gasteiger partial charge in [0.2, 0.25) is 0 Å². The molecule has 7 nitrogen and oxygen atoms in total. The van der Waals surface area contributed by atoms with Gasteiger partial charge in [-0.25, -0.2) is 9.59 Å². The van der Waals surface area contributed by atoms with Crippen molar-refractivity contribution in [3.63, 3.8) is 0 Å². The van der Waals surface area contributed by atoms with E-state index in [1.54, 1.807) is 6.07 Å². The molecule has 0 radical (unpaired) electrons. The largest absolute Gasteiger partial charge is 0.482 e. The number of hydrogen-bond acceptors (Lipinski definition) is 5. The van der Waals surface area contributed by atoms with E-state index < -0.39 is 24.0 Å². The number of imide groups is 1. The van der Waals surface area contributed by atoms with E-state index in [9.17, 15) is 14.4 Å². The Hall–Kier alpha value is -2.57. The summed E-state index contributed by atoms with van der Waals surface area (Å²) >= 11 is 0. The number of carbonyl (C=O) groups is 3. The second-order valence-electron chi connectivity index (χ2n) is 6.63. The van der Waals surface area contributed by atoms with E-state index in [-0.39, 0.29) is 12.6 Å². The standard InChI is InChI=1S/C19H26N2O5/c1-12-8-9-16(13(2)10-12)25-11-17(22)26-14(3)18(23)21-19(24)20-15-6-4-5-7-15/h8-10,14-15H,4-7,11H2,1-3H3,(H2,20,21,23,24)/t14-/m0/s1. The molecule has 1 aromatic carbocycles. The Kier molecular flexibility index (Phi) is 7.00.